The number of anilines is 1. The molecule has 1 saturated heterocycles. The fraction of sp³-hybridized carbons (Fsp3) is 0.697. The third-order valence-corrected chi connectivity index (χ3v) is 19.5. The molecule has 0 bridgehead atoms. The molecule has 0 radical (unpaired) electrons. The molecule has 101 heavy (non-hydrogen) atoms. The molecule has 2 aromatic rings. The van der Waals surface area contributed by atoms with Gasteiger partial charge in [-0.15, -0.1) is 0 Å². The number of ketones is 5. The van der Waals surface area contributed by atoms with Gasteiger partial charge in [0.05, 0.1) is 68.7 Å². The van der Waals surface area contributed by atoms with E-state index in [2.05, 4.69) is 16.0 Å². The van der Waals surface area contributed by atoms with E-state index >= 15 is 0 Å². The van der Waals surface area contributed by atoms with Gasteiger partial charge in [0.15, 0.2) is 11.6 Å². The number of Topliss-reactive ketones (excluding diaryl/α,β-unsaturated/α-hetero) is 5. The number of hydrogen-bond acceptors (Lipinski definition) is 18. The molecule has 0 saturated carbocycles. The summed E-state index contributed by atoms with van der Waals surface area (Å²) in [6.07, 6.45) is 3.21. The molecule has 25 heteroatoms. The van der Waals surface area contributed by atoms with Crippen molar-refractivity contribution in [3.8, 4) is 0 Å². The van der Waals surface area contributed by atoms with Crippen molar-refractivity contribution in [2.75, 3.05) is 79.7 Å². The number of carbonyl (C=O) groups is 11. The molecular weight excluding hydrogens is 1300 g/mol. The Morgan fingerprint density at radius 3 is 1.92 bits per heavy atom. The molecule has 1 aliphatic rings. The van der Waals surface area contributed by atoms with Crippen molar-refractivity contribution in [3.63, 3.8) is 0 Å². The summed E-state index contributed by atoms with van der Waals surface area (Å²) in [5, 5.41) is 19.1. The van der Waals surface area contributed by atoms with E-state index in [1.54, 1.807) is 62.1 Å². The number of aliphatic hydroxyl groups is 1. The zero-order chi connectivity index (χ0) is 75.5. The number of likely N-dealkylation sites (tertiary alicyclic amines) is 1. The second kappa shape index (κ2) is 46.6. The van der Waals surface area contributed by atoms with E-state index in [-0.39, 0.29) is 142 Å². The van der Waals surface area contributed by atoms with Crippen LogP contribution < -0.4 is 27.4 Å². The molecule has 1 aliphatic heterocycles. The van der Waals surface area contributed by atoms with Gasteiger partial charge in [-0.2, -0.15) is 0 Å². The van der Waals surface area contributed by atoms with Gasteiger partial charge in [0.1, 0.15) is 30.6 Å². The monoisotopic (exact) mass is 1420 g/mol. The third-order valence-electron chi connectivity index (χ3n) is 19.5. The van der Waals surface area contributed by atoms with Gasteiger partial charge in [-0.25, -0.2) is 9.59 Å². The minimum absolute atomic E-state index is 0.0152. The molecule has 0 unspecified atom stereocenters. The van der Waals surface area contributed by atoms with Gasteiger partial charge in [-0.3, -0.25) is 43.2 Å². The predicted octanol–water partition coefficient (Wildman–Crippen LogP) is 8.72. The SMILES string of the molecule is CC[C@H](C)[C@@H]([C@@H](CC(=O)N1CCC[C@H]1[C@H](OC)[C@@H](C)C(=O)C[C@H](C)[C@@H](O)c1ccccc1)OC)N(C)C(=O)[C@@H](CC(=O)[C@H](C(C)C)N(C)C(=O)OCc1ccc(NC(=O)[C@H](CCCNC(N)=O)CC(=O)[C@@H](NC(=O)COCCOCCCC(=O)CCCCCC(=O)CN)C(C)C)cc1)C(C)C. The maximum Gasteiger partial charge on any atom is 0.410 e. The first kappa shape index (κ1) is 88.2. The fourth-order valence-corrected chi connectivity index (χ4v) is 13.4. The van der Waals surface area contributed by atoms with E-state index in [1.165, 1.54) is 19.1 Å². The Bertz CT molecular complexity index is 2910. The molecule has 0 spiro atoms. The summed E-state index contributed by atoms with van der Waals surface area (Å²) < 4.78 is 28.9. The zero-order valence-corrected chi connectivity index (χ0v) is 62.8. The molecule has 8 N–H and O–H groups in total. The second-order valence-electron chi connectivity index (χ2n) is 28.4. The molecule has 25 nitrogen and oxygen atoms in total. The molecular formula is C76H122N8O17. The van der Waals surface area contributed by atoms with E-state index in [0.717, 1.165) is 24.8 Å². The number of hydrogen-bond donors (Lipinski definition) is 6. The Kier molecular flexibility index (Phi) is 40.6. The van der Waals surface area contributed by atoms with Crippen molar-refractivity contribution < 1.29 is 81.5 Å². The molecule has 3 rings (SSSR count). The highest BCUT2D eigenvalue weighted by atomic mass is 16.6. The Labute approximate surface area is 600 Å². The summed E-state index contributed by atoms with van der Waals surface area (Å²) in [6, 6.07) is 12.1. The van der Waals surface area contributed by atoms with Crippen LogP contribution in [0, 0.1) is 47.3 Å². The normalized spacial score (nSPS) is 16.4. The van der Waals surface area contributed by atoms with Crippen LogP contribution in [0.2, 0.25) is 0 Å². The van der Waals surface area contributed by atoms with Crippen molar-refractivity contribution in [1.82, 2.24) is 25.3 Å². The number of rotatable bonds is 51. The maximum atomic E-state index is 14.9. The number of nitrogens with zero attached hydrogens (tertiary/aromatic N) is 3. The minimum Gasteiger partial charge on any atom is -0.445 e. The first-order chi connectivity index (χ1) is 47.9. The fourth-order valence-electron chi connectivity index (χ4n) is 13.4. The van der Waals surface area contributed by atoms with Gasteiger partial charge < -0.3 is 70.9 Å². The molecule has 568 valence electrons. The van der Waals surface area contributed by atoms with Gasteiger partial charge in [-0.1, -0.05) is 125 Å². The second-order valence-corrected chi connectivity index (χ2v) is 28.4. The number of methoxy groups -OCH3 is 2. The number of urea groups is 1. The van der Waals surface area contributed by atoms with Crippen LogP contribution in [0.3, 0.4) is 0 Å². The quantitative estimate of drug-likeness (QED) is 0.0337. The number of nitrogens with two attached hydrogens (primary N) is 2. The van der Waals surface area contributed by atoms with Crippen LogP contribution in [0.1, 0.15) is 189 Å². The number of primary amides is 1. The highest BCUT2D eigenvalue weighted by Gasteiger charge is 2.44. The van der Waals surface area contributed by atoms with Crippen molar-refractivity contribution in [1.29, 1.82) is 0 Å². The molecule has 2 aromatic carbocycles. The number of carbonyl (C=O) groups excluding carboxylic acids is 11. The lowest BCUT2D eigenvalue weighted by Gasteiger charge is -2.41. The highest BCUT2D eigenvalue weighted by Crippen LogP contribution is 2.34. The van der Waals surface area contributed by atoms with Gasteiger partial charge in [0.25, 0.3) is 0 Å². The lowest BCUT2D eigenvalue weighted by Crippen LogP contribution is -2.54. The molecule has 12 atom stereocenters. The number of likely N-dealkylation sites (N-methyl/N-ethyl adjacent to an activating group) is 2. The van der Waals surface area contributed by atoms with Crippen molar-refractivity contribution >= 4 is 70.4 Å². The number of aliphatic hydroxyl groups excluding tert-OH is 1. The average molecular weight is 1420 g/mol. The number of ether oxygens (including phenoxy) is 5. The van der Waals surface area contributed by atoms with Crippen molar-refractivity contribution in [2.24, 2.45) is 58.8 Å². The van der Waals surface area contributed by atoms with E-state index in [4.69, 9.17) is 35.2 Å². The Morgan fingerprint density at radius 1 is 0.683 bits per heavy atom. The van der Waals surface area contributed by atoms with Crippen LogP contribution in [0.15, 0.2) is 54.6 Å². The van der Waals surface area contributed by atoms with Crippen molar-refractivity contribution in [3.05, 3.63) is 65.7 Å². The largest absolute Gasteiger partial charge is 0.445 e. The molecule has 0 aromatic heterocycles. The van der Waals surface area contributed by atoms with Crippen LogP contribution in [-0.4, -0.2) is 195 Å². The molecule has 0 aliphatic carbocycles. The summed E-state index contributed by atoms with van der Waals surface area (Å²) in [6.45, 7) is 19.3. The van der Waals surface area contributed by atoms with Crippen LogP contribution in [0.25, 0.3) is 0 Å². The molecule has 1 fully saturated rings. The average Bonchev–Trinajstić information content (AvgIpc) is 1.80. The van der Waals surface area contributed by atoms with E-state index < -0.39 is 84.2 Å². The van der Waals surface area contributed by atoms with E-state index in [9.17, 15) is 57.8 Å². The van der Waals surface area contributed by atoms with Gasteiger partial charge in [0.2, 0.25) is 23.6 Å². The Hall–Kier alpha value is -7.03. The lowest BCUT2D eigenvalue weighted by molar-refractivity contribution is -0.149. The summed E-state index contributed by atoms with van der Waals surface area (Å²) in [5.41, 5.74) is 12.3. The summed E-state index contributed by atoms with van der Waals surface area (Å²) in [5.74, 6) is -5.96. The van der Waals surface area contributed by atoms with Gasteiger partial charge >= 0.3 is 12.1 Å². The number of benzene rings is 2. The standard InChI is InChI=1S/C76H122N8O17/c1-15-51(8)70(65(97-13)44-67(91)84-37-23-31-61(84)72(98-14)53(10)62(87)41-52(9)71(92)55-25-18-16-19-26-55)82(11)74(94)60(48(2)3)43-64(89)69(50(6)7)83(12)76(96)101-46-54-32-34-57(35-33-54)80-73(93)56(27-22-36-79-75(78)95)42-63(88)68(49(4)5)81-66(90)47-100-40-39-99-38-24-30-58(85)28-20-17-21-29-59(86)45-77/h16,18-19,25-26,32-35,48-53,56,60-61,65,68-72,92H,15,17,20-24,27-31,36-47,77H2,1-14H3,(H,80,93)(H,81,90)(H3,78,79,95)/t51-,52-,53-,56+,60-,61-,65+,68-,69-,70-,71+,72+/m0/s1. The lowest BCUT2D eigenvalue weighted by atomic mass is 9.83. The van der Waals surface area contributed by atoms with Gasteiger partial charge in [0, 0.05) is 110 Å². The maximum absolute atomic E-state index is 14.9. The molecule has 1 heterocycles. The first-order valence-corrected chi connectivity index (χ1v) is 36.4. The topological polar surface area (TPSA) is 352 Å². The number of amides is 7. The third kappa shape index (κ3) is 30.1. The number of nitrogens with one attached hydrogen (secondary N) is 3. The smallest absolute Gasteiger partial charge is 0.410 e. The Balaban J connectivity index is 1.62. The number of unbranched alkanes of at least 4 members (excludes halogenated alkanes) is 2. The summed E-state index contributed by atoms with van der Waals surface area (Å²) >= 11 is 0. The van der Waals surface area contributed by atoms with E-state index in [0.29, 0.717) is 75.8 Å². The minimum atomic E-state index is -0.971. The van der Waals surface area contributed by atoms with Gasteiger partial charge in [-0.05, 0) is 97.8 Å². The van der Waals surface area contributed by atoms with Crippen LogP contribution in [-0.2, 0) is 73.4 Å². The summed E-state index contributed by atoms with van der Waals surface area (Å²) in [4.78, 5) is 152. The molecule has 7 amide bonds. The van der Waals surface area contributed by atoms with Crippen LogP contribution >= 0.6 is 0 Å². The van der Waals surface area contributed by atoms with Crippen LogP contribution in [0.5, 0.6) is 0 Å². The first-order valence-electron chi connectivity index (χ1n) is 36.4. The zero-order valence-electron chi connectivity index (χ0n) is 62.8. The van der Waals surface area contributed by atoms with Crippen molar-refractivity contribution in [2.45, 2.75) is 221 Å². The van der Waals surface area contributed by atoms with Crippen LogP contribution in [0.4, 0.5) is 15.3 Å². The van der Waals surface area contributed by atoms with E-state index in [1.807, 2.05) is 85.7 Å². The summed E-state index contributed by atoms with van der Waals surface area (Å²) in [7, 11) is 6.23. The predicted molar refractivity (Wildman–Crippen MR) is 386 cm³/mol. The highest BCUT2D eigenvalue weighted by molar-refractivity contribution is 5.98. The Morgan fingerprint density at radius 2 is 1.33 bits per heavy atom.